The predicted octanol–water partition coefficient (Wildman–Crippen LogP) is 1.78. The van der Waals surface area contributed by atoms with Gasteiger partial charge in [-0.3, -0.25) is 4.79 Å². The molecule has 2 heterocycles. The van der Waals surface area contributed by atoms with Crippen LogP contribution in [0.5, 0.6) is 0 Å². The third-order valence-corrected chi connectivity index (χ3v) is 4.56. The van der Waals surface area contributed by atoms with Crippen LogP contribution in [0.25, 0.3) is 6.08 Å². The highest BCUT2D eigenvalue weighted by Crippen LogP contribution is 2.30. The van der Waals surface area contributed by atoms with Crippen molar-refractivity contribution in [3.8, 4) is 0 Å². The number of amides is 1. The Morgan fingerprint density at radius 1 is 1.30 bits per heavy atom. The number of morpholine rings is 1. The van der Waals surface area contributed by atoms with E-state index < -0.39 is 0 Å². The molecule has 7 heteroatoms. The van der Waals surface area contributed by atoms with Gasteiger partial charge in [-0.2, -0.15) is 4.99 Å². The van der Waals surface area contributed by atoms with Crippen molar-refractivity contribution in [2.45, 2.75) is 0 Å². The number of nitrogens with zero attached hydrogens (tertiary/aromatic N) is 2. The SMILES string of the molecule is COC(=O)c1ccc(/C=C2/SC(N3CCOCC3)=NC2=O)cc1. The Bertz CT molecular complexity index is 676. The lowest BCUT2D eigenvalue weighted by Crippen LogP contribution is -2.38. The second kappa shape index (κ2) is 6.97. The molecule has 2 aliphatic rings. The van der Waals surface area contributed by atoms with Gasteiger partial charge in [0.25, 0.3) is 5.91 Å². The maximum absolute atomic E-state index is 12.0. The minimum atomic E-state index is -0.381. The average Bonchev–Trinajstić information content (AvgIpc) is 2.96. The van der Waals surface area contributed by atoms with E-state index in [4.69, 9.17) is 4.74 Å². The van der Waals surface area contributed by atoms with Gasteiger partial charge in [-0.1, -0.05) is 12.1 Å². The number of amidine groups is 1. The second-order valence-electron chi connectivity index (χ2n) is 5.02. The van der Waals surface area contributed by atoms with Crippen molar-refractivity contribution < 1.29 is 19.1 Å². The Balaban J connectivity index is 1.71. The van der Waals surface area contributed by atoms with Crippen LogP contribution in [0.2, 0.25) is 0 Å². The molecule has 6 nitrogen and oxygen atoms in total. The number of rotatable bonds is 2. The van der Waals surface area contributed by atoms with Crippen LogP contribution in [-0.4, -0.2) is 55.4 Å². The summed E-state index contributed by atoms with van der Waals surface area (Å²) in [7, 11) is 1.34. The molecule has 1 aromatic rings. The van der Waals surface area contributed by atoms with E-state index in [-0.39, 0.29) is 11.9 Å². The van der Waals surface area contributed by atoms with E-state index >= 15 is 0 Å². The zero-order chi connectivity index (χ0) is 16.2. The smallest absolute Gasteiger partial charge is 0.337 e. The molecule has 1 aromatic carbocycles. The molecule has 0 spiro atoms. The minimum Gasteiger partial charge on any atom is -0.465 e. The van der Waals surface area contributed by atoms with E-state index in [1.165, 1.54) is 18.9 Å². The maximum atomic E-state index is 12.0. The fourth-order valence-electron chi connectivity index (χ4n) is 2.27. The Labute approximate surface area is 138 Å². The summed E-state index contributed by atoms with van der Waals surface area (Å²) in [6, 6.07) is 6.90. The number of ether oxygens (including phenoxy) is 2. The maximum Gasteiger partial charge on any atom is 0.337 e. The molecule has 3 rings (SSSR count). The number of esters is 1. The molecule has 0 N–H and O–H groups in total. The van der Waals surface area contributed by atoms with Crippen molar-refractivity contribution in [2.24, 2.45) is 4.99 Å². The average molecular weight is 332 g/mol. The molecule has 120 valence electrons. The number of carbonyl (C=O) groups is 2. The summed E-state index contributed by atoms with van der Waals surface area (Å²) in [5, 5.41) is 0.732. The van der Waals surface area contributed by atoms with Crippen LogP contribution in [0.4, 0.5) is 0 Å². The van der Waals surface area contributed by atoms with E-state index in [1.807, 2.05) is 0 Å². The molecule has 1 saturated heterocycles. The van der Waals surface area contributed by atoms with Gasteiger partial charge in [-0.05, 0) is 35.5 Å². The Morgan fingerprint density at radius 3 is 2.65 bits per heavy atom. The highest BCUT2D eigenvalue weighted by atomic mass is 32.2. The first-order chi connectivity index (χ1) is 11.2. The lowest BCUT2D eigenvalue weighted by atomic mass is 10.1. The van der Waals surface area contributed by atoms with Gasteiger partial charge in [-0.25, -0.2) is 4.79 Å². The van der Waals surface area contributed by atoms with Crippen molar-refractivity contribution in [3.05, 3.63) is 40.3 Å². The third-order valence-electron chi connectivity index (χ3n) is 3.52. The molecule has 1 fully saturated rings. The van der Waals surface area contributed by atoms with Crippen molar-refractivity contribution in [3.63, 3.8) is 0 Å². The van der Waals surface area contributed by atoms with Gasteiger partial charge < -0.3 is 14.4 Å². The zero-order valence-electron chi connectivity index (χ0n) is 12.7. The van der Waals surface area contributed by atoms with Gasteiger partial charge in [0, 0.05) is 13.1 Å². The highest BCUT2D eigenvalue weighted by Gasteiger charge is 2.27. The summed E-state index contributed by atoms with van der Waals surface area (Å²) in [6.45, 7) is 2.81. The van der Waals surface area contributed by atoms with E-state index in [2.05, 4.69) is 14.6 Å². The monoisotopic (exact) mass is 332 g/mol. The van der Waals surface area contributed by atoms with Crippen LogP contribution < -0.4 is 0 Å². The number of methoxy groups -OCH3 is 1. The molecule has 0 saturated carbocycles. The summed E-state index contributed by atoms with van der Waals surface area (Å²) >= 11 is 1.38. The molecule has 0 radical (unpaired) electrons. The van der Waals surface area contributed by atoms with Crippen molar-refractivity contribution >= 4 is 34.9 Å². The number of benzene rings is 1. The first-order valence-electron chi connectivity index (χ1n) is 7.21. The molecular weight excluding hydrogens is 316 g/mol. The molecule has 2 aliphatic heterocycles. The quantitative estimate of drug-likeness (QED) is 0.607. The first kappa shape index (κ1) is 15.8. The van der Waals surface area contributed by atoms with E-state index in [1.54, 1.807) is 30.3 Å². The summed E-state index contributed by atoms with van der Waals surface area (Å²) in [5.41, 5.74) is 1.32. The lowest BCUT2D eigenvalue weighted by Gasteiger charge is -2.27. The number of aliphatic imine (C=N–C) groups is 1. The van der Waals surface area contributed by atoms with Gasteiger partial charge in [0.05, 0.1) is 30.8 Å². The normalized spacial score (nSPS) is 19.9. The van der Waals surface area contributed by atoms with Crippen molar-refractivity contribution in [2.75, 3.05) is 33.4 Å². The van der Waals surface area contributed by atoms with Gasteiger partial charge in [0.2, 0.25) is 0 Å². The molecule has 0 aromatic heterocycles. The molecule has 0 atom stereocenters. The Hall–Kier alpha value is -2.12. The molecule has 23 heavy (non-hydrogen) atoms. The predicted molar refractivity (Wildman–Crippen MR) is 88.2 cm³/mol. The van der Waals surface area contributed by atoms with Gasteiger partial charge in [0.1, 0.15) is 0 Å². The highest BCUT2D eigenvalue weighted by molar-refractivity contribution is 8.18. The van der Waals surface area contributed by atoms with Crippen LogP contribution >= 0.6 is 11.8 Å². The fourth-order valence-corrected chi connectivity index (χ4v) is 3.24. The largest absolute Gasteiger partial charge is 0.465 e. The minimum absolute atomic E-state index is 0.228. The summed E-state index contributed by atoms with van der Waals surface area (Å²) in [5.74, 6) is -0.609. The molecule has 0 unspecified atom stereocenters. The van der Waals surface area contributed by atoms with E-state index in [9.17, 15) is 9.59 Å². The standard InChI is InChI=1S/C16H16N2O4S/c1-21-15(20)12-4-2-11(3-5-12)10-13-14(19)17-16(23-13)18-6-8-22-9-7-18/h2-5,10H,6-9H2,1H3/b13-10+. The molecular formula is C16H16N2O4S. The first-order valence-corrected chi connectivity index (χ1v) is 8.02. The number of hydrogen-bond donors (Lipinski definition) is 0. The second-order valence-corrected chi connectivity index (χ2v) is 6.03. The van der Waals surface area contributed by atoms with Crippen molar-refractivity contribution in [1.82, 2.24) is 4.90 Å². The molecule has 0 bridgehead atoms. The van der Waals surface area contributed by atoms with Gasteiger partial charge in [-0.15, -0.1) is 0 Å². The van der Waals surface area contributed by atoms with E-state index in [0.717, 1.165) is 23.8 Å². The van der Waals surface area contributed by atoms with Crippen LogP contribution in [-0.2, 0) is 14.3 Å². The fraction of sp³-hybridized carbons (Fsp3) is 0.312. The molecule has 1 amide bonds. The lowest BCUT2D eigenvalue weighted by molar-refractivity contribution is -0.113. The summed E-state index contributed by atoms with van der Waals surface area (Å²) < 4.78 is 9.97. The van der Waals surface area contributed by atoms with Crippen LogP contribution in [0.15, 0.2) is 34.2 Å². The number of hydrogen-bond acceptors (Lipinski definition) is 6. The number of carbonyl (C=O) groups excluding carboxylic acids is 2. The summed E-state index contributed by atoms with van der Waals surface area (Å²) in [6.07, 6.45) is 1.78. The van der Waals surface area contributed by atoms with E-state index in [0.29, 0.717) is 23.7 Å². The van der Waals surface area contributed by atoms with Crippen LogP contribution in [0.1, 0.15) is 15.9 Å². The van der Waals surface area contributed by atoms with Crippen molar-refractivity contribution in [1.29, 1.82) is 0 Å². The Morgan fingerprint density at radius 2 is 2.00 bits per heavy atom. The van der Waals surface area contributed by atoms with Gasteiger partial charge in [0.15, 0.2) is 5.17 Å². The van der Waals surface area contributed by atoms with Gasteiger partial charge >= 0.3 is 5.97 Å². The number of thioether (sulfide) groups is 1. The van der Waals surface area contributed by atoms with Crippen LogP contribution in [0.3, 0.4) is 0 Å². The van der Waals surface area contributed by atoms with Crippen LogP contribution in [0, 0.1) is 0 Å². The Kier molecular flexibility index (Phi) is 4.78. The zero-order valence-corrected chi connectivity index (χ0v) is 13.5. The topological polar surface area (TPSA) is 68.2 Å². The third kappa shape index (κ3) is 3.62. The summed E-state index contributed by atoms with van der Waals surface area (Å²) in [4.78, 5) is 30.2. The molecule has 0 aliphatic carbocycles.